The summed E-state index contributed by atoms with van der Waals surface area (Å²) in [5.41, 5.74) is 3.21. The highest BCUT2D eigenvalue weighted by molar-refractivity contribution is 5.96. The molecular weight excluding hydrogens is 318 g/mol. The molecule has 1 fully saturated rings. The van der Waals surface area contributed by atoms with E-state index in [-0.39, 0.29) is 11.8 Å². The van der Waals surface area contributed by atoms with Crippen molar-refractivity contribution < 1.29 is 14.1 Å². The molecule has 1 N–H and O–H groups in total. The van der Waals surface area contributed by atoms with Crippen molar-refractivity contribution in [3.8, 4) is 0 Å². The smallest absolute Gasteiger partial charge is 0.257 e. The van der Waals surface area contributed by atoms with Crippen LogP contribution in [0.25, 0.3) is 0 Å². The Morgan fingerprint density at radius 1 is 1.32 bits per heavy atom. The van der Waals surface area contributed by atoms with Gasteiger partial charge in [0.25, 0.3) is 5.91 Å². The SMILES string of the molecule is CCc1onc(C)c1C(=O)NCc1ccccc1CN1CCCC1=O. The van der Waals surface area contributed by atoms with Gasteiger partial charge in [0.1, 0.15) is 11.3 Å². The fourth-order valence-electron chi connectivity index (χ4n) is 3.17. The third-order valence-corrected chi connectivity index (χ3v) is 4.57. The Kier molecular flexibility index (Phi) is 5.16. The van der Waals surface area contributed by atoms with Gasteiger partial charge in [0, 0.05) is 32.5 Å². The third kappa shape index (κ3) is 3.73. The maximum atomic E-state index is 12.5. The van der Waals surface area contributed by atoms with Crippen molar-refractivity contribution in [2.75, 3.05) is 6.54 Å². The lowest BCUT2D eigenvalue weighted by atomic mass is 10.1. The number of nitrogens with zero attached hydrogens (tertiary/aromatic N) is 2. The highest BCUT2D eigenvalue weighted by Crippen LogP contribution is 2.18. The Morgan fingerprint density at radius 2 is 2.08 bits per heavy atom. The Balaban J connectivity index is 1.70. The molecule has 1 aromatic carbocycles. The fourth-order valence-corrected chi connectivity index (χ4v) is 3.17. The van der Waals surface area contributed by atoms with E-state index in [1.165, 1.54) is 0 Å². The van der Waals surface area contributed by atoms with Gasteiger partial charge in [-0.2, -0.15) is 0 Å². The van der Waals surface area contributed by atoms with Crippen molar-refractivity contribution >= 4 is 11.8 Å². The number of aryl methyl sites for hydroxylation is 2. The fraction of sp³-hybridized carbons (Fsp3) is 0.421. The quantitative estimate of drug-likeness (QED) is 0.876. The van der Waals surface area contributed by atoms with Crippen molar-refractivity contribution in [3.63, 3.8) is 0 Å². The Labute approximate surface area is 147 Å². The number of hydrogen-bond donors (Lipinski definition) is 1. The molecule has 25 heavy (non-hydrogen) atoms. The number of aromatic nitrogens is 1. The molecule has 2 heterocycles. The van der Waals surface area contributed by atoms with Crippen molar-refractivity contribution in [1.82, 2.24) is 15.4 Å². The molecule has 1 aromatic heterocycles. The van der Waals surface area contributed by atoms with E-state index in [1.54, 1.807) is 6.92 Å². The summed E-state index contributed by atoms with van der Waals surface area (Å²) in [6.45, 7) is 5.51. The molecule has 0 spiro atoms. The second kappa shape index (κ2) is 7.51. The lowest BCUT2D eigenvalue weighted by Crippen LogP contribution is -2.27. The number of likely N-dealkylation sites (tertiary alicyclic amines) is 1. The molecule has 0 aliphatic carbocycles. The van der Waals surface area contributed by atoms with E-state index < -0.39 is 0 Å². The van der Waals surface area contributed by atoms with Crippen LogP contribution in [0.4, 0.5) is 0 Å². The van der Waals surface area contributed by atoms with Crippen molar-refractivity contribution in [3.05, 3.63) is 52.4 Å². The van der Waals surface area contributed by atoms with E-state index in [0.29, 0.717) is 42.9 Å². The van der Waals surface area contributed by atoms with Crippen molar-refractivity contribution in [2.24, 2.45) is 0 Å². The molecule has 2 aromatic rings. The molecule has 0 atom stereocenters. The van der Waals surface area contributed by atoms with Gasteiger partial charge in [-0.3, -0.25) is 9.59 Å². The first-order valence-corrected chi connectivity index (χ1v) is 8.68. The van der Waals surface area contributed by atoms with Gasteiger partial charge >= 0.3 is 0 Å². The molecule has 1 aliphatic rings. The van der Waals surface area contributed by atoms with Crippen LogP contribution in [0.1, 0.15) is 52.7 Å². The Bertz CT molecular complexity index is 782. The van der Waals surface area contributed by atoms with Crippen LogP contribution >= 0.6 is 0 Å². The second-order valence-electron chi connectivity index (χ2n) is 6.29. The van der Waals surface area contributed by atoms with Crippen LogP contribution in [0.3, 0.4) is 0 Å². The molecule has 6 nitrogen and oxygen atoms in total. The lowest BCUT2D eigenvalue weighted by Gasteiger charge is -2.18. The molecule has 0 bridgehead atoms. The van der Waals surface area contributed by atoms with Gasteiger partial charge in [-0.05, 0) is 24.5 Å². The number of rotatable bonds is 6. The number of benzene rings is 1. The standard InChI is InChI=1S/C19H23N3O3/c1-3-16-18(13(2)21-25-16)19(24)20-11-14-7-4-5-8-15(14)12-22-10-6-9-17(22)23/h4-5,7-8H,3,6,9-12H2,1-2H3,(H,20,24). The van der Waals surface area contributed by atoms with Crippen LogP contribution < -0.4 is 5.32 Å². The largest absolute Gasteiger partial charge is 0.360 e. The number of carbonyl (C=O) groups is 2. The second-order valence-corrected chi connectivity index (χ2v) is 6.29. The summed E-state index contributed by atoms with van der Waals surface area (Å²) in [7, 11) is 0. The first-order chi connectivity index (χ1) is 12.1. The van der Waals surface area contributed by atoms with Crippen molar-refractivity contribution in [1.29, 1.82) is 0 Å². The predicted octanol–water partition coefficient (Wildman–Crippen LogP) is 2.60. The zero-order chi connectivity index (χ0) is 17.8. The average Bonchev–Trinajstić information content (AvgIpc) is 3.19. The van der Waals surface area contributed by atoms with Gasteiger partial charge in [-0.15, -0.1) is 0 Å². The van der Waals surface area contributed by atoms with E-state index >= 15 is 0 Å². The normalized spacial score (nSPS) is 14.2. The molecule has 3 rings (SSSR count). The van der Waals surface area contributed by atoms with Gasteiger partial charge in [0.15, 0.2) is 0 Å². The van der Waals surface area contributed by atoms with E-state index in [2.05, 4.69) is 10.5 Å². The molecule has 0 saturated carbocycles. The molecule has 0 unspecified atom stereocenters. The maximum Gasteiger partial charge on any atom is 0.257 e. The Hall–Kier alpha value is -2.63. The predicted molar refractivity (Wildman–Crippen MR) is 92.9 cm³/mol. The molecule has 1 saturated heterocycles. The summed E-state index contributed by atoms with van der Waals surface area (Å²) in [6.07, 6.45) is 2.17. The van der Waals surface area contributed by atoms with Crippen LogP contribution in [0, 0.1) is 6.92 Å². The minimum Gasteiger partial charge on any atom is -0.360 e. The molecule has 0 radical (unpaired) electrons. The van der Waals surface area contributed by atoms with Crippen LogP contribution in [0.15, 0.2) is 28.8 Å². The van der Waals surface area contributed by atoms with Gasteiger partial charge in [0.2, 0.25) is 5.91 Å². The van der Waals surface area contributed by atoms with Gasteiger partial charge in [0.05, 0.1) is 5.69 Å². The summed E-state index contributed by atoms with van der Waals surface area (Å²) >= 11 is 0. The third-order valence-electron chi connectivity index (χ3n) is 4.57. The summed E-state index contributed by atoms with van der Waals surface area (Å²) in [5.74, 6) is 0.625. The van der Waals surface area contributed by atoms with E-state index in [1.807, 2.05) is 36.1 Å². The first-order valence-electron chi connectivity index (χ1n) is 8.68. The summed E-state index contributed by atoms with van der Waals surface area (Å²) in [5, 5.41) is 6.83. The molecular formula is C19H23N3O3. The molecule has 132 valence electrons. The van der Waals surface area contributed by atoms with Crippen LogP contribution in [0.2, 0.25) is 0 Å². The molecule has 1 aliphatic heterocycles. The van der Waals surface area contributed by atoms with Gasteiger partial charge < -0.3 is 14.7 Å². The van der Waals surface area contributed by atoms with Crippen LogP contribution in [0.5, 0.6) is 0 Å². The summed E-state index contributed by atoms with van der Waals surface area (Å²) in [6, 6.07) is 7.89. The zero-order valence-corrected chi connectivity index (χ0v) is 14.7. The first kappa shape index (κ1) is 17.2. The summed E-state index contributed by atoms with van der Waals surface area (Å²) < 4.78 is 5.19. The number of nitrogens with one attached hydrogen (secondary N) is 1. The zero-order valence-electron chi connectivity index (χ0n) is 14.7. The summed E-state index contributed by atoms with van der Waals surface area (Å²) in [4.78, 5) is 26.2. The van der Waals surface area contributed by atoms with Crippen LogP contribution in [-0.4, -0.2) is 28.4 Å². The topological polar surface area (TPSA) is 75.4 Å². The lowest BCUT2D eigenvalue weighted by molar-refractivity contribution is -0.128. The highest BCUT2D eigenvalue weighted by atomic mass is 16.5. The van der Waals surface area contributed by atoms with E-state index in [0.717, 1.165) is 24.1 Å². The Morgan fingerprint density at radius 3 is 2.76 bits per heavy atom. The molecule has 2 amide bonds. The van der Waals surface area contributed by atoms with E-state index in [4.69, 9.17) is 4.52 Å². The number of hydrogen-bond acceptors (Lipinski definition) is 4. The molecule has 6 heteroatoms. The minimum atomic E-state index is -0.178. The average molecular weight is 341 g/mol. The van der Waals surface area contributed by atoms with E-state index in [9.17, 15) is 9.59 Å². The number of amides is 2. The monoisotopic (exact) mass is 341 g/mol. The highest BCUT2D eigenvalue weighted by Gasteiger charge is 2.22. The maximum absolute atomic E-state index is 12.5. The minimum absolute atomic E-state index is 0.178. The number of carbonyl (C=O) groups excluding carboxylic acids is 2. The van der Waals surface area contributed by atoms with Crippen LogP contribution in [-0.2, 0) is 24.3 Å². The van der Waals surface area contributed by atoms with Gasteiger partial charge in [-0.25, -0.2) is 0 Å². The van der Waals surface area contributed by atoms with Crippen molar-refractivity contribution in [2.45, 2.75) is 46.2 Å². The van der Waals surface area contributed by atoms with Gasteiger partial charge in [-0.1, -0.05) is 36.3 Å².